The first-order chi connectivity index (χ1) is 21.9. The molecule has 0 aliphatic heterocycles. The van der Waals surface area contributed by atoms with E-state index in [1.807, 2.05) is 0 Å². The van der Waals surface area contributed by atoms with Crippen molar-refractivity contribution in [3.05, 3.63) is 82.9 Å². The summed E-state index contributed by atoms with van der Waals surface area (Å²) in [4.78, 5) is 28.2. The molecule has 48 heavy (non-hydrogen) atoms. The van der Waals surface area contributed by atoms with Crippen molar-refractivity contribution >= 4 is 39.4 Å². The Morgan fingerprint density at radius 1 is 0.479 bits per heavy atom. The van der Waals surface area contributed by atoms with Crippen LogP contribution in [0.2, 0.25) is 0 Å². The minimum absolute atomic E-state index is 0.0125. The van der Waals surface area contributed by atoms with E-state index in [-0.39, 0.29) is 21.7 Å². The summed E-state index contributed by atoms with van der Waals surface area (Å²) in [5.41, 5.74) is 3.92. The number of nitrogens with zero attached hydrogens (tertiary/aromatic N) is 1. The Morgan fingerprint density at radius 2 is 0.833 bits per heavy atom. The fraction of sp³-hybridized carbons (Fsp3) is 0.545. The number of benzene rings is 4. The van der Waals surface area contributed by atoms with E-state index in [4.69, 9.17) is 0 Å². The van der Waals surface area contributed by atoms with Gasteiger partial charge in [-0.1, -0.05) is 0 Å². The molecule has 0 aliphatic carbocycles. The van der Waals surface area contributed by atoms with Crippen LogP contribution in [0, 0.1) is 0 Å². The average Bonchev–Trinajstić information content (AvgIpc) is 2.97. The molecule has 0 unspecified atom stereocenters. The van der Waals surface area contributed by atoms with Crippen molar-refractivity contribution in [2.75, 3.05) is 13.1 Å². The molecule has 0 heterocycles. The summed E-state index contributed by atoms with van der Waals surface area (Å²) in [6.45, 7) is 32.4. The van der Waals surface area contributed by atoms with Gasteiger partial charge < -0.3 is 0 Å². The Labute approximate surface area is 293 Å². The van der Waals surface area contributed by atoms with Gasteiger partial charge in [0.25, 0.3) is 0 Å². The Hall–Kier alpha value is -2.29. The molecule has 2 N–H and O–H groups in total. The van der Waals surface area contributed by atoms with E-state index in [1.165, 1.54) is 11.1 Å². The molecule has 0 fully saturated rings. The van der Waals surface area contributed by atoms with Crippen molar-refractivity contribution in [3.63, 3.8) is 0 Å². The maximum absolute atomic E-state index is 14.1. The Kier molecular flexibility index (Phi) is 10.5. The second-order valence-electron chi connectivity index (χ2n) is 18.5. The third-order valence-corrected chi connectivity index (χ3v) is 14.2. The monoisotopic (exact) mass is 671 g/mol. The summed E-state index contributed by atoms with van der Waals surface area (Å²) in [5, 5.41) is 5.75. The van der Waals surface area contributed by atoms with Crippen LogP contribution in [-0.4, -0.2) is 27.5 Å². The van der Waals surface area contributed by atoms with E-state index in [0.717, 1.165) is 58.4 Å². The fourth-order valence-corrected chi connectivity index (χ4v) is 11.3. The van der Waals surface area contributed by atoms with E-state index in [0.29, 0.717) is 23.7 Å². The van der Waals surface area contributed by atoms with Crippen LogP contribution in [0.3, 0.4) is 0 Å². The first-order valence-corrected chi connectivity index (χ1v) is 20.5. The van der Waals surface area contributed by atoms with Crippen molar-refractivity contribution < 1.29 is 9.79 Å². The molecule has 0 saturated heterocycles. The summed E-state index contributed by atoms with van der Waals surface area (Å²) >= 11 is 0. The molecule has 0 aliphatic rings. The van der Waals surface area contributed by atoms with E-state index >= 15 is 0 Å². The van der Waals surface area contributed by atoms with Crippen LogP contribution < -0.4 is 10.6 Å². The van der Waals surface area contributed by atoms with E-state index in [1.54, 1.807) is 0 Å². The van der Waals surface area contributed by atoms with Crippen molar-refractivity contribution in [1.29, 1.82) is 0 Å². The van der Waals surface area contributed by atoms with Gasteiger partial charge in [-0.3, -0.25) is 0 Å². The van der Waals surface area contributed by atoms with Gasteiger partial charge in [-0.2, -0.15) is 0 Å². The molecular weight excluding hydrogens is 605 g/mol. The molecule has 0 amide bonds. The molecule has 0 radical (unpaired) electrons. The number of hydrogen-bond donors (Lipinski definition) is 2. The molecule has 4 aromatic rings. The van der Waals surface area contributed by atoms with Crippen LogP contribution >= 0.6 is 7.21 Å². The Balaban J connectivity index is 2.25. The number of hydrogen-bond acceptors (Lipinski definition) is 3. The van der Waals surface area contributed by atoms with Crippen molar-refractivity contribution in [2.45, 2.75) is 144 Å². The molecule has 0 bridgehead atoms. The van der Waals surface area contributed by atoms with Crippen molar-refractivity contribution in [3.8, 4) is 0 Å². The SMILES string of the molecule is CCCCN(CCCC)P(O)(O)(c1cc2ccc(C(C)(C)C)cc2cc1C(C)(C)C)c1cc2ccc(C(C)(C)C)cc2cc1C(C)(C)C. The van der Waals surface area contributed by atoms with Gasteiger partial charge in [-0.15, -0.1) is 0 Å². The number of unbranched alkanes of at least 4 members (excludes halogenated alkanes) is 2. The first-order valence-electron chi connectivity index (χ1n) is 18.4. The number of fused-ring (bicyclic) bond motifs is 2. The second kappa shape index (κ2) is 13.1. The zero-order valence-corrected chi connectivity index (χ0v) is 33.7. The predicted octanol–water partition coefficient (Wildman–Crippen LogP) is 11.3. The number of rotatable bonds is 9. The Bertz CT molecular complexity index is 1650. The van der Waals surface area contributed by atoms with Gasteiger partial charge in [0.1, 0.15) is 0 Å². The van der Waals surface area contributed by atoms with Crippen LogP contribution in [0.4, 0.5) is 0 Å². The van der Waals surface area contributed by atoms with E-state index in [2.05, 4.69) is 162 Å². The third kappa shape index (κ3) is 7.41. The molecular formula is C44H66NO2P. The van der Waals surface area contributed by atoms with Gasteiger partial charge in [0, 0.05) is 0 Å². The van der Waals surface area contributed by atoms with Gasteiger partial charge in [0.05, 0.1) is 0 Å². The van der Waals surface area contributed by atoms with Gasteiger partial charge in [-0.25, -0.2) is 0 Å². The standard InChI is InChI=1S/C44H66NO2P/c1-15-17-23-45(24-18-16-2)48(46,47,39-29-31-19-21-35(41(3,4)5)25-33(31)27-37(39)43(9,10)11)40-30-32-20-22-36(42(6,7)8)26-34(32)28-38(40)44(12,13)14/h19-22,25-30,46-47H,15-18,23-24H2,1-14H3. The van der Waals surface area contributed by atoms with Crippen LogP contribution in [-0.2, 0) is 21.7 Å². The molecule has 0 saturated carbocycles. The van der Waals surface area contributed by atoms with Gasteiger partial charge in [0.2, 0.25) is 0 Å². The van der Waals surface area contributed by atoms with Crippen molar-refractivity contribution in [1.82, 2.24) is 4.67 Å². The molecule has 264 valence electrons. The fourth-order valence-electron chi connectivity index (χ4n) is 6.99. The van der Waals surface area contributed by atoms with E-state index < -0.39 is 7.21 Å². The third-order valence-electron chi connectivity index (χ3n) is 10.2. The zero-order valence-electron chi connectivity index (χ0n) is 32.8. The molecule has 3 nitrogen and oxygen atoms in total. The molecule has 0 spiro atoms. The summed E-state index contributed by atoms with van der Waals surface area (Å²) in [6.07, 6.45) is 3.74. The van der Waals surface area contributed by atoms with Crippen molar-refractivity contribution in [2.24, 2.45) is 0 Å². The average molecular weight is 672 g/mol. The molecule has 4 aromatic carbocycles. The molecule has 4 heteroatoms. The summed E-state index contributed by atoms with van der Waals surface area (Å²) in [5.74, 6) is 0. The van der Waals surface area contributed by atoms with Crippen LogP contribution in [0.15, 0.2) is 60.7 Å². The second-order valence-corrected chi connectivity index (χ2v) is 22.0. The molecule has 0 aromatic heterocycles. The van der Waals surface area contributed by atoms with Crippen LogP contribution in [0.25, 0.3) is 21.5 Å². The van der Waals surface area contributed by atoms with Crippen LogP contribution in [0.1, 0.15) is 145 Å². The summed E-state index contributed by atoms with van der Waals surface area (Å²) < 4.78 is 2.12. The zero-order chi connectivity index (χ0) is 36.1. The Morgan fingerprint density at radius 3 is 1.12 bits per heavy atom. The van der Waals surface area contributed by atoms with E-state index in [9.17, 15) is 9.79 Å². The molecule has 4 rings (SSSR count). The quantitative estimate of drug-likeness (QED) is 0.174. The predicted molar refractivity (Wildman–Crippen MR) is 215 cm³/mol. The van der Waals surface area contributed by atoms with Gasteiger partial charge in [0.15, 0.2) is 0 Å². The van der Waals surface area contributed by atoms with Crippen LogP contribution in [0.5, 0.6) is 0 Å². The maximum atomic E-state index is 14.1. The molecule has 0 atom stereocenters. The summed E-state index contributed by atoms with van der Waals surface area (Å²) in [6, 6.07) is 22.2. The van der Waals surface area contributed by atoms with Gasteiger partial charge >= 0.3 is 294 Å². The minimum atomic E-state index is -5.05. The topological polar surface area (TPSA) is 43.7 Å². The summed E-state index contributed by atoms with van der Waals surface area (Å²) in [7, 11) is -5.05. The van der Waals surface area contributed by atoms with Gasteiger partial charge in [-0.05, 0) is 0 Å². The first kappa shape index (κ1) is 38.5. The normalized spacial score (nSPS) is 14.6.